The summed E-state index contributed by atoms with van der Waals surface area (Å²) >= 11 is 0. The molecule has 0 atom stereocenters. The van der Waals surface area contributed by atoms with E-state index in [1.807, 2.05) is 18.2 Å². The number of hydrogen-bond acceptors (Lipinski definition) is 4. The van der Waals surface area contributed by atoms with Crippen LogP contribution in [0.1, 0.15) is 5.69 Å². The van der Waals surface area contributed by atoms with Gasteiger partial charge in [-0.05, 0) is 19.2 Å². The third-order valence-electron chi connectivity index (χ3n) is 1.56. The minimum atomic E-state index is -1.07. The monoisotopic (exact) mass is 202 g/mol. The first-order valence-corrected chi connectivity index (χ1v) is 3.97. The summed E-state index contributed by atoms with van der Waals surface area (Å²) in [7, 11) is 1.71. The molecule has 0 amide bonds. The van der Waals surface area contributed by atoms with E-state index in [1.54, 1.807) is 18.1 Å². The summed E-state index contributed by atoms with van der Waals surface area (Å²) in [6.45, 7) is 0.450. The number of carbonyl (C=O) groups excluding carboxylic acids is 1. The maximum Gasteiger partial charge on any atom is 1.00 e. The number of nitrogens with zero attached hydrogens (tertiary/aromatic N) is 2. The van der Waals surface area contributed by atoms with Gasteiger partial charge in [0.2, 0.25) is 0 Å². The number of carboxylic acids is 1. The van der Waals surface area contributed by atoms with E-state index >= 15 is 0 Å². The molecule has 1 rings (SSSR count). The van der Waals surface area contributed by atoms with Crippen molar-refractivity contribution in [2.75, 3.05) is 13.6 Å². The molecule has 5 heteroatoms. The van der Waals surface area contributed by atoms with E-state index < -0.39 is 5.97 Å². The molecule has 4 nitrogen and oxygen atoms in total. The van der Waals surface area contributed by atoms with Crippen LogP contribution in [-0.2, 0) is 11.3 Å². The molecule has 0 unspecified atom stereocenters. The average molecular weight is 202 g/mol. The van der Waals surface area contributed by atoms with Crippen molar-refractivity contribution in [1.29, 1.82) is 0 Å². The fourth-order valence-corrected chi connectivity index (χ4v) is 1.04. The van der Waals surface area contributed by atoms with Gasteiger partial charge >= 0.3 is 29.6 Å². The smallest absolute Gasteiger partial charge is 0.549 e. The van der Waals surface area contributed by atoms with Gasteiger partial charge in [-0.2, -0.15) is 0 Å². The molecular formula is C9H11N2NaO2. The van der Waals surface area contributed by atoms with Crippen molar-refractivity contribution >= 4 is 5.97 Å². The molecule has 1 aromatic rings. The van der Waals surface area contributed by atoms with Gasteiger partial charge in [-0.1, -0.05) is 6.07 Å². The van der Waals surface area contributed by atoms with Gasteiger partial charge in [-0.25, -0.2) is 0 Å². The van der Waals surface area contributed by atoms with Crippen LogP contribution in [-0.4, -0.2) is 29.4 Å². The average Bonchev–Trinajstić information content (AvgIpc) is 2.04. The van der Waals surface area contributed by atoms with Crippen molar-refractivity contribution in [2.45, 2.75) is 6.54 Å². The molecule has 1 aromatic heterocycles. The Labute approximate surface area is 105 Å². The molecule has 1 heterocycles. The second-order valence-electron chi connectivity index (χ2n) is 2.87. The first-order valence-electron chi connectivity index (χ1n) is 3.97. The standard InChI is InChI=1S/C9H12N2O2.Na/c1-11(7-9(12)13)6-8-4-2-3-5-10-8;/h2-5H,6-7H2,1H3,(H,12,13);/q;+1/p-1. The SMILES string of the molecule is CN(CC(=O)[O-])Cc1ccccn1.[Na+]. The van der Waals surface area contributed by atoms with Gasteiger partial charge in [-0.15, -0.1) is 0 Å². The van der Waals surface area contributed by atoms with Gasteiger partial charge in [0.1, 0.15) is 0 Å². The summed E-state index contributed by atoms with van der Waals surface area (Å²) in [5.41, 5.74) is 0.853. The maximum absolute atomic E-state index is 10.2. The van der Waals surface area contributed by atoms with Crippen LogP contribution < -0.4 is 34.7 Å². The first-order chi connectivity index (χ1) is 6.18. The van der Waals surface area contributed by atoms with E-state index in [2.05, 4.69) is 4.98 Å². The Balaban J connectivity index is 0.00000169. The van der Waals surface area contributed by atoms with Crippen LogP contribution in [0.4, 0.5) is 0 Å². The van der Waals surface area contributed by atoms with E-state index in [4.69, 9.17) is 0 Å². The number of carboxylic acid groups (broad SMARTS) is 1. The van der Waals surface area contributed by atoms with Gasteiger partial charge in [0, 0.05) is 19.3 Å². The van der Waals surface area contributed by atoms with E-state index in [-0.39, 0.29) is 36.1 Å². The second kappa shape index (κ2) is 6.95. The molecule has 0 bridgehead atoms. The molecular weight excluding hydrogens is 191 g/mol. The maximum atomic E-state index is 10.2. The predicted molar refractivity (Wildman–Crippen MR) is 45.6 cm³/mol. The van der Waals surface area contributed by atoms with Crippen molar-refractivity contribution in [2.24, 2.45) is 0 Å². The summed E-state index contributed by atoms with van der Waals surface area (Å²) in [5, 5.41) is 10.2. The quantitative estimate of drug-likeness (QED) is 0.471. The summed E-state index contributed by atoms with van der Waals surface area (Å²) in [5.74, 6) is -1.07. The van der Waals surface area contributed by atoms with E-state index in [1.165, 1.54) is 0 Å². The Morgan fingerprint density at radius 1 is 1.57 bits per heavy atom. The van der Waals surface area contributed by atoms with Crippen LogP contribution >= 0.6 is 0 Å². The Bertz CT molecular complexity index is 279. The third kappa shape index (κ3) is 5.34. The largest absolute Gasteiger partial charge is 1.00 e. The molecule has 0 fully saturated rings. The van der Waals surface area contributed by atoms with Crippen LogP contribution in [0, 0.1) is 0 Å². The fourth-order valence-electron chi connectivity index (χ4n) is 1.04. The summed E-state index contributed by atoms with van der Waals surface area (Å²) in [6, 6.07) is 5.54. The number of carbonyl (C=O) groups is 1. The molecule has 0 spiro atoms. The van der Waals surface area contributed by atoms with Gasteiger partial charge in [0.15, 0.2) is 0 Å². The molecule has 0 N–H and O–H groups in total. The molecule has 14 heavy (non-hydrogen) atoms. The molecule has 0 aliphatic carbocycles. The zero-order valence-electron chi connectivity index (χ0n) is 8.43. The van der Waals surface area contributed by atoms with Crippen molar-refractivity contribution in [3.05, 3.63) is 30.1 Å². The fraction of sp³-hybridized carbons (Fsp3) is 0.333. The normalized spacial score (nSPS) is 9.57. The number of likely N-dealkylation sites (N-methyl/N-ethyl adjacent to an activating group) is 1. The summed E-state index contributed by atoms with van der Waals surface area (Å²) < 4.78 is 0. The predicted octanol–water partition coefficient (Wildman–Crippen LogP) is -3.73. The summed E-state index contributed by atoms with van der Waals surface area (Å²) in [6.07, 6.45) is 1.68. The molecule has 70 valence electrons. The number of pyridine rings is 1. The zero-order chi connectivity index (χ0) is 9.68. The Morgan fingerprint density at radius 3 is 2.79 bits per heavy atom. The van der Waals surface area contributed by atoms with Crippen molar-refractivity contribution in [3.63, 3.8) is 0 Å². The van der Waals surface area contributed by atoms with E-state index in [0.717, 1.165) is 5.69 Å². The van der Waals surface area contributed by atoms with E-state index in [9.17, 15) is 9.90 Å². The number of aliphatic carboxylic acids is 1. The topological polar surface area (TPSA) is 56.3 Å². The van der Waals surface area contributed by atoms with Crippen LogP contribution in [0.25, 0.3) is 0 Å². The second-order valence-corrected chi connectivity index (χ2v) is 2.87. The van der Waals surface area contributed by atoms with Crippen LogP contribution in [0.5, 0.6) is 0 Å². The van der Waals surface area contributed by atoms with Gasteiger partial charge in [-0.3, -0.25) is 9.88 Å². The van der Waals surface area contributed by atoms with Gasteiger partial charge in [0.25, 0.3) is 0 Å². The molecule has 0 saturated heterocycles. The van der Waals surface area contributed by atoms with Gasteiger partial charge < -0.3 is 9.90 Å². The van der Waals surface area contributed by atoms with Crippen LogP contribution in [0.2, 0.25) is 0 Å². The summed E-state index contributed by atoms with van der Waals surface area (Å²) in [4.78, 5) is 15.9. The van der Waals surface area contributed by atoms with Crippen molar-refractivity contribution < 1.29 is 39.5 Å². The minimum absolute atomic E-state index is 0. The number of aromatic nitrogens is 1. The molecule has 0 saturated carbocycles. The Morgan fingerprint density at radius 2 is 2.29 bits per heavy atom. The molecule has 0 aliphatic heterocycles. The minimum Gasteiger partial charge on any atom is -0.549 e. The van der Waals surface area contributed by atoms with Gasteiger partial charge in [0.05, 0.1) is 11.7 Å². The van der Waals surface area contributed by atoms with Crippen molar-refractivity contribution in [3.8, 4) is 0 Å². The molecule has 0 aliphatic rings. The first kappa shape index (κ1) is 13.6. The van der Waals surface area contributed by atoms with E-state index in [0.29, 0.717) is 6.54 Å². The zero-order valence-corrected chi connectivity index (χ0v) is 10.4. The molecule has 0 aromatic carbocycles. The number of hydrogen-bond donors (Lipinski definition) is 0. The van der Waals surface area contributed by atoms with Crippen molar-refractivity contribution in [1.82, 2.24) is 9.88 Å². The van der Waals surface area contributed by atoms with Crippen LogP contribution in [0.3, 0.4) is 0 Å². The third-order valence-corrected chi connectivity index (χ3v) is 1.56. The Kier molecular flexibility index (Phi) is 6.74. The van der Waals surface area contributed by atoms with Crippen LogP contribution in [0.15, 0.2) is 24.4 Å². The Hall–Kier alpha value is -0.420. The number of rotatable bonds is 4. The molecule has 0 radical (unpaired) electrons.